The molecule has 0 unspecified atom stereocenters. The van der Waals surface area contributed by atoms with Gasteiger partial charge in [-0.05, 0) is 55.2 Å². The fraction of sp³-hybridized carbons (Fsp3) is 0.500. The number of pyridine rings is 1. The van der Waals surface area contributed by atoms with Crippen molar-refractivity contribution in [2.24, 2.45) is 5.41 Å². The Bertz CT molecular complexity index is 877. The first-order chi connectivity index (χ1) is 12.3. The van der Waals surface area contributed by atoms with Gasteiger partial charge in [0.2, 0.25) is 0 Å². The lowest BCUT2D eigenvalue weighted by Crippen LogP contribution is -2.41. The lowest BCUT2D eigenvalue weighted by Gasteiger charge is -2.49. The van der Waals surface area contributed by atoms with E-state index in [9.17, 15) is 13.2 Å². The van der Waals surface area contributed by atoms with Crippen molar-refractivity contribution >= 4 is 11.4 Å². The molecule has 0 saturated heterocycles. The summed E-state index contributed by atoms with van der Waals surface area (Å²) in [6.07, 6.45) is 4.62. The van der Waals surface area contributed by atoms with Gasteiger partial charge in [0.15, 0.2) is 5.82 Å². The molecule has 2 aromatic rings. The maximum atomic E-state index is 13.3. The number of hydrogen-bond donors (Lipinski definition) is 1. The number of allylic oxidation sites excluding steroid dienone is 2. The van der Waals surface area contributed by atoms with Gasteiger partial charge in [0.25, 0.3) is 5.89 Å². The molecule has 2 aromatic heterocycles. The van der Waals surface area contributed by atoms with Gasteiger partial charge in [-0.25, -0.2) is 9.37 Å². The number of halogens is 3. The second kappa shape index (κ2) is 5.82. The van der Waals surface area contributed by atoms with Gasteiger partial charge in [0.1, 0.15) is 11.6 Å². The Morgan fingerprint density at radius 2 is 2.12 bits per heavy atom. The van der Waals surface area contributed by atoms with E-state index in [1.54, 1.807) is 13.0 Å². The van der Waals surface area contributed by atoms with Crippen LogP contribution in [0.5, 0.6) is 0 Å². The van der Waals surface area contributed by atoms with Crippen LogP contribution in [-0.2, 0) is 5.92 Å². The van der Waals surface area contributed by atoms with Crippen molar-refractivity contribution < 1.29 is 17.7 Å². The molecule has 1 saturated carbocycles. The van der Waals surface area contributed by atoms with E-state index in [2.05, 4.69) is 20.4 Å². The fourth-order valence-electron chi connectivity index (χ4n) is 3.73. The Morgan fingerprint density at radius 1 is 1.35 bits per heavy atom. The van der Waals surface area contributed by atoms with Crippen LogP contribution in [0.2, 0.25) is 0 Å². The van der Waals surface area contributed by atoms with Gasteiger partial charge in [0.05, 0.1) is 6.20 Å². The average Bonchev–Trinajstić information content (AvgIpc) is 3.05. The van der Waals surface area contributed by atoms with Crippen LogP contribution in [0.1, 0.15) is 49.9 Å². The van der Waals surface area contributed by atoms with E-state index >= 15 is 0 Å². The fourth-order valence-corrected chi connectivity index (χ4v) is 3.73. The molecule has 2 bridgehead atoms. The topological polar surface area (TPSA) is 63.8 Å². The SMILES string of the molecule is Cc1cc(NCC23CCC(c4noc(C(C)(F)F)n4)=C(C2)C3)ncc1F. The van der Waals surface area contributed by atoms with Crippen molar-refractivity contribution in [2.45, 2.75) is 45.5 Å². The van der Waals surface area contributed by atoms with Crippen LogP contribution in [0.3, 0.4) is 0 Å². The normalized spacial score (nSPS) is 18.7. The third-order valence-electron chi connectivity index (χ3n) is 5.27. The van der Waals surface area contributed by atoms with E-state index in [1.807, 2.05) is 0 Å². The molecule has 2 heterocycles. The van der Waals surface area contributed by atoms with Crippen molar-refractivity contribution in [3.8, 4) is 0 Å². The summed E-state index contributed by atoms with van der Waals surface area (Å²) in [4.78, 5) is 7.93. The Labute approximate surface area is 148 Å². The summed E-state index contributed by atoms with van der Waals surface area (Å²) >= 11 is 0. The van der Waals surface area contributed by atoms with Crippen molar-refractivity contribution in [2.75, 3.05) is 11.9 Å². The maximum Gasteiger partial charge on any atom is 0.322 e. The standard InChI is InChI=1S/C18H19F3N4O/c1-10-5-14(22-8-13(10)19)23-9-18-4-3-12(11(6-18)7-18)15-24-16(26-25-15)17(2,20)21/h5,8H,3-4,6-7,9H2,1-2H3,(H,22,23). The summed E-state index contributed by atoms with van der Waals surface area (Å²) in [7, 11) is 0. The molecular weight excluding hydrogens is 345 g/mol. The second-order valence-corrected chi connectivity index (χ2v) is 7.42. The van der Waals surface area contributed by atoms with Gasteiger partial charge >= 0.3 is 5.92 Å². The van der Waals surface area contributed by atoms with Gasteiger partial charge in [-0.2, -0.15) is 13.8 Å². The molecular formula is C18H19F3N4O. The number of nitrogens with one attached hydrogen (secondary N) is 1. The molecule has 3 aliphatic rings. The molecule has 3 aliphatic carbocycles. The summed E-state index contributed by atoms with van der Waals surface area (Å²) < 4.78 is 44.5. The minimum absolute atomic E-state index is 0.129. The van der Waals surface area contributed by atoms with Gasteiger partial charge < -0.3 is 9.84 Å². The predicted molar refractivity (Wildman–Crippen MR) is 89.1 cm³/mol. The van der Waals surface area contributed by atoms with E-state index < -0.39 is 11.8 Å². The lowest BCUT2D eigenvalue weighted by molar-refractivity contribution is -0.0158. The smallest absolute Gasteiger partial charge is 0.322 e. The molecule has 26 heavy (non-hydrogen) atoms. The molecule has 0 aromatic carbocycles. The Kier molecular flexibility index (Phi) is 3.82. The quantitative estimate of drug-likeness (QED) is 0.848. The molecule has 1 N–H and O–H groups in total. The molecule has 5 rings (SSSR count). The van der Waals surface area contributed by atoms with E-state index in [0.29, 0.717) is 11.4 Å². The molecule has 0 amide bonds. The number of anilines is 1. The van der Waals surface area contributed by atoms with Crippen molar-refractivity contribution in [3.05, 3.63) is 40.9 Å². The Balaban J connectivity index is 1.43. The van der Waals surface area contributed by atoms with Crippen molar-refractivity contribution in [1.82, 2.24) is 15.1 Å². The van der Waals surface area contributed by atoms with Crippen molar-refractivity contribution in [1.29, 1.82) is 0 Å². The number of aryl methyl sites for hydroxylation is 1. The first-order valence-corrected chi connectivity index (χ1v) is 8.55. The van der Waals surface area contributed by atoms with E-state index in [-0.39, 0.29) is 17.1 Å². The monoisotopic (exact) mass is 364 g/mol. The van der Waals surface area contributed by atoms with Crippen LogP contribution in [0.25, 0.3) is 5.57 Å². The van der Waals surface area contributed by atoms with Crippen LogP contribution in [-0.4, -0.2) is 21.7 Å². The zero-order valence-electron chi connectivity index (χ0n) is 14.6. The molecule has 1 fully saturated rings. The predicted octanol–water partition coefficient (Wildman–Crippen LogP) is 4.46. The first-order valence-electron chi connectivity index (χ1n) is 8.55. The molecule has 0 atom stereocenters. The van der Waals surface area contributed by atoms with E-state index in [4.69, 9.17) is 4.52 Å². The second-order valence-electron chi connectivity index (χ2n) is 7.42. The van der Waals surface area contributed by atoms with Gasteiger partial charge in [0, 0.05) is 13.5 Å². The molecule has 0 radical (unpaired) electrons. The molecule has 138 valence electrons. The number of hydrogen-bond acceptors (Lipinski definition) is 5. The van der Waals surface area contributed by atoms with Crippen LogP contribution in [0, 0.1) is 18.2 Å². The molecule has 8 heteroatoms. The number of aromatic nitrogens is 3. The van der Waals surface area contributed by atoms with Crippen LogP contribution >= 0.6 is 0 Å². The highest BCUT2D eigenvalue weighted by molar-refractivity contribution is 5.67. The van der Waals surface area contributed by atoms with E-state index in [0.717, 1.165) is 44.7 Å². The maximum absolute atomic E-state index is 13.3. The minimum atomic E-state index is -3.13. The molecule has 0 spiro atoms. The molecule has 0 aliphatic heterocycles. The van der Waals surface area contributed by atoms with Crippen LogP contribution < -0.4 is 5.32 Å². The zero-order chi connectivity index (χ0) is 18.5. The minimum Gasteiger partial charge on any atom is -0.369 e. The van der Waals surface area contributed by atoms with Crippen LogP contribution in [0.4, 0.5) is 19.0 Å². The van der Waals surface area contributed by atoms with Gasteiger partial charge in [-0.1, -0.05) is 10.7 Å². The summed E-state index contributed by atoms with van der Waals surface area (Å²) in [5.74, 6) is -3.14. The highest BCUT2D eigenvalue weighted by Crippen LogP contribution is 2.56. The van der Waals surface area contributed by atoms with Gasteiger partial charge in [-0.3, -0.25) is 0 Å². The van der Waals surface area contributed by atoms with Crippen LogP contribution in [0.15, 0.2) is 22.4 Å². The number of alkyl halides is 2. The highest BCUT2D eigenvalue weighted by atomic mass is 19.3. The Hall–Kier alpha value is -2.38. The Morgan fingerprint density at radius 3 is 2.69 bits per heavy atom. The average molecular weight is 364 g/mol. The summed E-state index contributed by atoms with van der Waals surface area (Å²) in [5.41, 5.74) is 2.82. The largest absolute Gasteiger partial charge is 0.369 e. The third-order valence-corrected chi connectivity index (χ3v) is 5.27. The summed E-state index contributed by atoms with van der Waals surface area (Å²) in [6, 6.07) is 1.70. The lowest BCUT2D eigenvalue weighted by atomic mass is 9.57. The van der Waals surface area contributed by atoms with E-state index in [1.165, 1.54) is 11.8 Å². The first kappa shape index (κ1) is 17.1. The summed E-state index contributed by atoms with van der Waals surface area (Å²) in [5, 5.41) is 7.02. The third kappa shape index (κ3) is 2.97. The number of rotatable bonds is 5. The summed E-state index contributed by atoms with van der Waals surface area (Å²) in [6.45, 7) is 3.19. The number of fused-ring (bicyclic) bond motifs is 2. The zero-order valence-corrected chi connectivity index (χ0v) is 14.6. The van der Waals surface area contributed by atoms with Gasteiger partial charge in [-0.15, -0.1) is 0 Å². The number of nitrogens with zero attached hydrogens (tertiary/aromatic N) is 3. The highest BCUT2D eigenvalue weighted by Gasteiger charge is 2.46. The molecule has 5 nitrogen and oxygen atoms in total. The van der Waals surface area contributed by atoms with Crippen molar-refractivity contribution in [3.63, 3.8) is 0 Å².